The first kappa shape index (κ1) is 19.3. The molecule has 0 spiro atoms. The Kier molecular flexibility index (Phi) is 6.08. The Balaban J connectivity index is 2.06. The Morgan fingerprint density at radius 1 is 1.32 bits per heavy atom. The summed E-state index contributed by atoms with van der Waals surface area (Å²) in [6, 6.07) is 4.61. The van der Waals surface area contributed by atoms with E-state index < -0.39 is 11.7 Å². The molecule has 25 heavy (non-hydrogen) atoms. The predicted octanol–water partition coefficient (Wildman–Crippen LogP) is 3.71. The lowest BCUT2D eigenvalue weighted by Crippen LogP contribution is -2.41. The monoisotopic (exact) mass is 356 g/mol. The van der Waals surface area contributed by atoms with Crippen LogP contribution < -0.4 is 4.90 Å². The molecule has 1 atom stereocenters. The highest BCUT2D eigenvalue weighted by atomic mass is 19.4. The Morgan fingerprint density at radius 3 is 2.64 bits per heavy atom. The van der Waals surface area contributed by atoms with Crippen LogP contribution in [0.5, 0.6) is 0 Å². The molecule has 0 bridgehead atoms. The normalized spacial score (nSPS) is 18.1. The molecule has 1 aliphatic rings. The molecule has 1 heterocycles. The fourth-order valence-corrected chi connectivity index (χ4v) is 3.10. The van der Waals surface area contributed by atoms with Crippen LogP contribution in [0.4, 0.5) is 18.9 Å². The zero-order valence-corrected chi connectivity index (χ0v) is 14.5. The number of alkyl halides is 3. The fourth-order valence-electron chi connectivity index (χ4n) is 3.10. The van der Waals surface area contributed by atoms with E-state index in [-0.39, 0.29) is 30.5 Å². The largest absolute Gasteiger partial charge is 0.416 e. The van der Waals surface area contributed by atoms with Gasteiger partial charge in [-0.3, -0.25) is 9.59 Å². The third-order valence-corrected chi connectivity index (χ3v) is 4.42. The number of nitrogens with zero attached hydrogens (tertiary/aromatic N) is 2. The molecular formula is C18H23F3N2O2. The molecule has 1 fully saturated rings. The molecule has 0 saturated carbocycles. The predicted molar refractivity (Wildman–Crippen MR) is 89.1 cm³/mol. The van der Waals surface area contributed by atoms with E-state index in [0.717, 1.165) is 25.0 Å². The van der Waals surface area contributed by atoms with E-state index in [0.29, 0.717) is 19.0 Å². The van der Waals surface area contributed by atoms with Crippen LogP contribution in [0.2, 0.25) is 0 Å². The lowest BCUT2D eigenvalue weighted by Gasteiger charge is -2.31. The van der Waals surface area contributed by atoms with Crippen LogP contribution in [-0.2, 0) is 15.8 Å². The smallest absolute Gasteiger partial charge is 0.342 e. The number of anilines is 1. The van der Waals surface area contributed by atoms with Gasteiger partial charge in [-0.1, -0.05) is 13.0 Å². The molecule has 0 aromatic heterocycles. The maximum atomic E-state index is 12.9. The number of piperidine rings is 1. The van der Waals surface area contributed by atoms with Crippen molar-refractivity contribution in [3.63, 3.8) is 0 Å². The quantitative estimate of drug-likeness (QED) is 0.825. The standard InChI is InChI=1S/C18H23F3N2O2/c1-13-5-4-9-22(12-13)17(25)8-10-23(14(2)24)16-7-3-6-15(11-16)18(19,20)21/h3,6-7,11,13H,4-5,8-10,12H2,1-2H3. The van der Waals surface area contributed by atoms with Gasteiger partial charge in [0.05, 0.1) is 5.56 Å². The highest BCUT2D eigenvalue weighted by Gasteiger charge is 2.31. The van der Waals surface area contributed by atoms with Crippen LogP contribution >= 0.6 is 0 Å². The van der Waals surface area contributed by atoms with Gasteiger partial charge in [0.15, 0.2) is 0 Å². The molecule has 1 unspecified atom stereocenters. The van der Waals surface area contributed by atoms with Crippen molar-refractivity contribution in [2.45, 2.75) is 39.3 Å². The van der Waals surface area contributed by atoms with Crippen molar-refractivity contribution < 1.29 is 22.8 Å². The summed E-state index contributed by atoms with van der Waals surface area (Å²) in [6.07, 6.45) is -2.33. The van der Waals surface area contributed by atoms with Crippen LogP contribution in [0, 0.1) is 5.92 Å². The molecule has 0 aliphatic carbocycles. The Labute approximate surface area is 145 Å². The minimum atomic E-state index is -4.47. The van der Waals surface area contributed by atoms with E-state index in [9.17, 15) is 22.8 Å². The maximum absolute atomic E-state index is 12.9. The second-order valence-corrected chi connectivity index (χ2v) is 6.56. The minimum Gasteiger partial charge on any atom is -0.342 e. The molecule has 1 aromatic carbocycles. The fraction of sp³-hybridized carbons (Fsp3) is 0.556. The van der Waals surface area contributed by atoms with Crippen molar-refractivity contribution in [2.75, 3.05) is 24.5 Å². The van der Waals surface area contributed by atoms with Gasteiger partial charge in [-0.05, 0) is 37.0 Å². The van der Waals surface area contributed by atoms with Gasteiger partial charge >= 0.3 is 6.18 Å². The van der Waals surface area contributed by atoms with Gasteiger partial charge in [0.1, 0.15) is 0 Å². The van der Waals surface area contributed by atoms with Gasteiger partial charge in [0, 0.05) is 38.7 Å². The van der Waals surface area contributed by atoms with Gasteiger partial charge in [-0.2, -0.15) is 13.2 Å². The highest BCUT2D eigenvalue weighted by Crippen LogP contribution is 2.31. The molecule has 4 nitrogen and oxygen atoms in total. The first-order valence-corrected chi connectivity index (χ1v) is 8.41. The third kappa shape index (κ3) is 5.21. The number of hydrogen-bond donors (Lipinski definition) is 0. The van der Waals surface area contributed by atoms with Gasteiger partial charge in [-0.15, -0.1) is 0 Å². The van der Waals surface area contributed by atoms with Crippen molar-refractivity contribution in [3.8, 4) is 0 Å². The summed E-state index contributed by atoms with van der Waals surface area (Å²) in [5.74, 6) is -0.00556. The highest BCUT2D eigenvalue weighted by molar-refractivity contribution is 5.92. The Morgan fingerprint density at radius 2 is 2.04 bits per heavy atom. The van der Waals surface area contributed by atoms with E-state index in [2.05, 4.69) is 6.92 Å². The number of benzene rings is 1. The molecule has 138 valence electrons. The van der Waals surface area contributed by atoms with Crippen LogP contribution in [0.25, 0.3) is 0 Å². The van der Waals surface area contributed by atoms with Crippen LogP contribution in [0.1, 0.15) is 38.7 Å². The van der Waals surface area contributed by atoms with Crippen molar-refractivity contribution in [3.05, 3.63) is 29.8 Å². The summed E-state index contributed by atoms with van der Waals surface area (Å²) in [4.78, 5) is 27.2. The maximum Gasteiger partial charge on any atom is 0.416 e. The lowest BCUT2D eigenvalue weighted by atomic mass is 10.00. The molecule has 0 N–H and O–H groups in total. The Hall–Kier alpha value is -2.05. The van der Waals surface area contributed by atoms with E-state index in [1.165, 1.54) is 24.0 Å². The summed E-state index contributed by atoms with van der Waals surface area (Å²) in [5.41, 5.74) is -0.658. The number of rotatable bonds is 4. The summed E-state index contributed by atoms with van der Waals surface area (Å²) >= 11 is 0. The average molecular weight is 356 g/mol. The van der Waals surface area contributed by atoms with Crippen molar-refractivity contribution in [2.24, 2.45) is 5.92 Å². The number of carbonyl (C=O) groups is 2. The number of carbonyl (C=O) groups excluding carboxylic acids is 2. The molecule has 2 amide bonds. The van der Waals surface area contributed by atoms with Gasteiger partial charge < -0.3 is 9.80 Å². The lowest BCUT2D eigenvalue weighted by molar-refractivity contribution is -0.137. The number of amides is 2. The number of halogens is 3. The number of hydrogen-bond acceptors (Lipinski definition) is 2. The van der Waals surface area contributed by atoms with Crippen molar-refractivity contribution >= 4 is 17.5 Å². The molecule has 1 aromatic rings. The van der Waals surface area contributed by atoms with Crippen molar-refractivity contribution in [1.82, 2.24) is 4.90 Å². The average Bonchev–Trinajstić information content (AvgIpc) is 2.54. The Bertz CT molecular complexity index is 631. The molecule has 2 rings (SSSR count). The SMILES string of the molecule is CC(=O)N(CCC(=O)N1CCCC(C)C1)c1cccc(C(F)(F)F)c1. The zero-order valence-electron chi connectivity index (χ0n) is 14.5. The summed E-state index contributed by atoms with van der Waals surface area (Å²) in [5, 5.41) is 0. The molecular weight excluding hydrogens is 333 g/mol. The van der Waals surface area contributed by atoms with Gasteiger partial charge in [-0.25, -0.2) is 0 Å². The van der Waals surface area contributed by atoms with E-state index >= 15 is 0 Å². The van der Waals surface area contributed by atoms with Crippen molar-refractivity contribution in [1.29, 1.82) is 0 Å². The van der Waals surface area contributed by atoms with Crippen LogP contribution in [0.15, 0.2) is 24.3 Å². The molecule has 1 aliphatic heterocycles. The topological polar surface area (TPSA) is 40.6 Å². The second kappa shape index (κ2) is 7.89. The second-order valence-electron chi connectivity index (χ2n) is 6.56. The third-order valence-electron chi connectivity index (χ3n) is 4.42. The van der Waals surface area contributed by atoms with Crippen LogP contribution in [0.3, 0.4) is 0 Å². The summed E-state index contributed by atoms with van der Waals surface area (Å²) in [7, 11) is 0. The molecule has 0 radical (unpaired) electrons. The zero-order chi connectivity index (χ0) is 18.6. The van der Waals surface area contributed by atoms with E-state index in [1.54, 1.807) is 4.90 Å². The summed E-state index contributed by atoms with van der Waals surface area (Å²) in [6.45, 7) is 4.84. The first-order valence-electron chi connectivity index (χ1n) is 8.41. The van der Waals surface area contributed by atoms with Gasteiger partial charge in [0.25, 0.3) is 0 Å². The number of likely N-dealkylation sites (tertiary alicyclic amines) is 1. The van der Waals surface area contributed by atoms with E-state index in [1.807, 2.05) is 0 Å². The molecule has 1 saturated heterocycles. The minimum absolute atomic E-state index is 0.0650. The first-order chi connectivity index (χ1) is 11.7. The van der Waals surface area contributed by atoms with E-state index in [4.69, 9.17) is 0 Å². The molecule has 7 heteroatoms. The van der Waals surface area contributed by atoms with Gasteiger partial charge in [0.2, 0.25) is 11.8 Å². The van der Waals surface area contributed by atoms with Crippen LogP contribution in [-0.4, -0.2) is 36.3 Å². The summed E-state index contributed by atoms with van der Waals surface area (Å²) < 4.78 is 38.6.